The van der Waals surface area contributed by atoms with E-state index in [-0.39, 0.29) is 5.82 Å². The Morgan fingerprint density at radius 2 is 1.43 bits per heavy atom. The van der Waals surface area contributed by atoms with E-state index in [1.807, 2.05) is 18.6 Å². The predicted molar refractivity (Wildman–Crippen MR) is 169 cm³/mol. The second-order valence-electron chi connectivity index (χ2n) is 12.1. The van der Waals surface area contributed by atoms with Crippen molar-refractivity contribution in [3.05, 3.63) is 78.3 Å². The molecule has 1 aromatic carbocycles. The summed E-state index contributed by atoms with van der Waals surface area (Å²) in [4.78, 5) is 26.9. The molecule has 0 aliphatic carbocycles. The van der Waals surface area contributed by atoms with Gasteiger partial charge in [0.05, 0.1) is 22.6 Å². The third kappa shape index (κ3) is 5.35. The average molecular weight is 588 g/mol. The number of aromatic nitrogens is 7. The second-order valence-corrected chi connectivity index (χ2v) is 12.1. The minimum Gasteiger partial charge on any atom is -0.335 e. The molecular formula is C34H34FN9. The van der Waals surface area contributed by atoms with E-state index in [4.69, 9.17) is 4.98 Å². The molecule has 0 saturated carbocycles. The zero-order valence-corrected chi connectivity index (χ0v) is 24.6. The summed E-state index contributed by atoms with van der Waals surface area (Å²) in [7, 11) is 0. The smallest absolute Gasteiger partial charge is 0.181 e. The lowest BCUT2D eigenvalue weighted by Gasteiger charge is -2.26. The number of fused-ring (bicyclic) bond motifs is 2. The standard InChI is InChI=1S/C34H34FN9/c35-27-12-22(20-43-8-4-5-9-43)10-24(13-27)29-18-37-19-30-31(29)40-34(39-30)32-28-14-26(17-38-33(28)42-41-32)25-11-23(15-36-16-25)21-44-6-2-1-3-7-44/h10-19H,1-9,20-21H2,(H,39,40)(H,38,41,42). The number of imidazole rings is 1. The van der Waals surface area contributed by atoms with Gasteiger partial charge in [0.25, 0.3) is 0 Å². The summed E-state index contributed by atoms with van der Waals surface area (Å²) in [5.41, 5.74) is 8.55. The lowest BCUT2D eigenvalue weighted by atomic mass is 10.0. The fraction of sp³-hybridized carbons (Fsp3) is 0.324. The molecule has 2 saturated heterocycles. The molecule has 2 aliphatic rings. The molecule has 2 N–H and O–H groups in total. The number of hydrogen-bond acceptors (Lipinski definition) is 7. The molecule has 10 heteroatoms. The zero-order chi connectivity index (χ0) is 29.5. The molecule has 0 unspecified atom stereocenters. The number of hydrogen-bond donors (Lipinski definition) is 2. The first-order chi connectivity index (χ1) is 21.7. The third-order valence-electron chi connectivity index (χ3n) is 8.90. The number of nitrogens with one attached hydrogen (secondary N) is 2. The topological polar surface area (TPSA) is 103 Å². The fourth-order valence-corrected chi connectivity index (χ4v) is 6.70. The molecule has 2 fully saturated rings. The summed E-state index contributed by atoms with van der Waals surface area (Å²) in [6, 6.07) is 9.55. The van der Waals surface area contributed by atoms with Crippen LogP contribution >= 0.6 is 0 Å². The Labute approximate surface area is 254 Å². The van der Waals surface area contributed by atoms with Crippen LogP contribution in [0.3, 0.4) is 0 Å². The number of nitrogens with zero attached hydrogens (tertiary/aromatic N) is 7. The van der Waals surface area contributed by atoms with Gasteiger partial charge in [0, 0.05) is 54.6 Å². The van der Waals surface area contributed by atoms with Gasteiger partial charge in [-0.25, -0.2) is 14.4 Å². The van der Waals surface area contributed by atoms with Crippen LogP contribution in [0.15, 0.2) is 61.3 Å². The number of pyridine rings is 3. The van der Waals surface area contributed by atoms with Crippen LogP contribution < -0.4 is 0 Å². The van der Waals surface area contributed by atoms with E-state index in [1.54, 1.807) is 24.5 Å². The highest BCUT2D eigenvalue weighted by molar-refractivity contribution is 5.96. The summed E-state index contributed by atoms with van der Waals surface area (Å²) in [6.45, 7) is 6.05. The largest absolute Gasteiger partial charge is 0.335 e. The van der Waals surface area contributed by atoms with E-state index in [9.17, 15) is 4.39 Å². The van der Waals surface area contributed by atoms with Crippen molar-refractivity contribution in [1.29, 1.82) is 0 Å². The van der Waals surface area contributed by atoms with Crippen LogP contribution in [0.25, 0.3) is 55.8 Å². The van der Waals surface area contributed by atoms with E-state index in [1.165, 1.54) is 37.7 Å². The highest BCUT2D eigenvalue weighted by Gasteiger charge is 2.19. The van der Waals surface area contributed by atoms with Crippen molar-refractivity contribution in [2.75, 3.05) is 26.2 Å². The molecule has 9 nitrogen and oxygen atoms in total. The minimum atomic E-state index is -0.253. The van der Waals surface area contributed by atoms with Crippen molar-refractivity contribution in [1.82, 2.24) is 44.9 Å². The number of benzene rings is 1. The third-order valence-corrected chi connectivity index (χ3v) is 8.90. The van der Waals surface area contributed by atoms with Crippen molar-refractivity contribution in [2.24, 2.45) is 0 Å². The number of aromatic amines is 2. The molecule has 2 aliphatic heterocycles. The molecule has 7 heterocycles. The number of halogens is 1. The second kappa shape index (κ2) is 11.5. The molecule has 44 heavy (non-hydrogen) atoms. The van der Waals surface area contributed by atoms with Gasteiger partial charge in [0.15, 0.2) is 11.5 Å². The molecule has 5 aromatic heterocycles. The van der Waals surface area contributed by atoms with Gasteiger partial charge in [-0.15, -0.1) is 0 Å². The number of piperidine rings is 1. The maximum absolute atomic E-state index is 14.8. The van der Waals surface area contributed by atoms with Crippen molar-refractivity contribution in [3.8, 4) is 33.8 Å². The van der Waals surface area contributed by atoms with Crippen molar-refractivity contribution < 1.29 is 4.39 Å². The van der Waals surface area contributed by atoms with E-state index >= 15 is 0 Å². The lowest BCUT2D eigenvalue weighted by molar-refractivity contribution is 0.220. The van der Waals surface area contributed by atoms with Gasteiger partial charge >= 0.3 is 0 Å². The highest BCUT2D eigenvalue weighted by atomic mass is 19.1. The minimum absolute atomic E-state index is 0.253. The van der Waals surface area contributed by atoms with Crippen LogP contribution in [-0.2, 0) is 13.1 Å². The molecule has 0 radical (unpaired) electrons. The van der Waals surface area contributed by atoms with Crippen LogP contribution in [0, 0.1) is 5.82 Å². The van der Waals surface area contributed by atoms with E-state index in [0.717, 1.165) is 89.2 Å². The molecule has 222 valence electrons. The fourth-order valence-electron chi connectivity index (χ4n) is 6.70. The monoisotopic (exact) mass is 587 g/mol. The first-order valence-electron chi connectivity index (χ1n) is 15.5. The van der Waals surface area contributed by atoms with Crippen LogP contribution in [0.2, 0.25) is 0 Å². The molecule has 6 aromatic rings. The van der Waals surface area contributed by atoms with Gasteiger partial charge in [0.1, 0.15) is 11.5 Å². The van der Waals surface area contributed by atoms with Gasteiger partial charge in [-0.2, -0.15) is 5.10 Å². The number of rotatable bonds is 7. The molecule has 0 atom stereocenters. The summed E-state index contributed by atoms with van der Waals surface area (Å²) < 4.78 is 14.8. The molecule has 0 spiro atoms. The maximum Gasteiger partial charge on any atom is 0.181 e. The van der Waals surface area contributed by atoms with Gasteiger partial charge in [-0.05, 0) is 98.9 Å². The summed E-state index contributed by atoms with van der Waals surface area (Å²) in [5.74, 6) is 0.374. The molecule has 8 rings (SSSR count). The molecular weight excluding hydrogens is 553 g/mol. The van der Waals surface area contributed by atoms with Crippen LogP contribution in [-0.4, -0.2) is 71.1 Å². The first-order valence-corrected chi connectivity index (χ1v) is 15.5. The van der Waals surface area contributed by atoms with E-state index in [2.05, 4.69) is 58.1 Å². The van der Waals surface area contributed by atoms with Crippen LogP contribution in [0.5, 0.6) is 0 Å². The zero-order valence-electron chi connectivity index (χ0n) is 24.6. The Morgan fingerprint density at radius 3 is 2.27 bits per heavy atom. The van der Waals surface area contributed by atoms with Crippen molar-refractivity contribution in [3.63, 3.8) is 0 Å². The van der Waals surface area contributed by atoms with Crippen LogP contribution in [0.1, 0.15) is 43.2 Å². The van der Waals surface area contributed by atoms with E-state index in [0.29, 0.717) is 11.5 Å². The lowest BCUT2D eigenvalue weighted by Crippen LogP contribution is -2.29. The number of likely N-dealkylation sites (tertiary alicyclic amines) is 2. The summed E-state index contributed by atoms with van der Waals surface area (Å²) >= 11 is 0. The van der Waals surface area contributed by atoms with Crippen molar-refractivity contribution >= 4 is 22.1 Å². The number of H-pyrrole nitrogens is 2. The van der Waals surface area contributed by atoms with Gasteiger partial charge < -0.3 is 4.98 Å². The maximum atomic E-state index is 14.8. The van der Waals surface area contributed by atoms with Crippen LogP contribution in [0.4, 0.5) is 4.39 Å². The quantitative estimate of drug-likeness (QED) is 0.225. The SMILES string of the molecule is Fc1cc(CN2CCCC2)cc(-c2cncc3[nH]c(-c4[nH]nc5ncc(-c6cncc(CN7CCCCC7)c6)cc45)nc23)c1. The van der Waals surface area contributed by atoms with Gasteiger partial charge in [0.2, 0.25) is 0 Å². The average Bonchev–Trinajstić information content (AvgIpc) is 3.81. The Kier molecular flexibility index (Phi) is 7.08. The highest BCUT2D eigenvalue weighted by Crippen LogP contribution is 2.33. The van der Waals surface area contributed by atoms with Gasteiger partial charge in [-0.3, -0.25) is 24.9 Å². The summed E-state index contributed by atoms with van der Waals surface area (Å²) in [6.07, 6.45) is 15.4. The Bertz CT molecular complexity index is 1950. The Morgan fingerprint density at radius 1 is 0.705 bits per heavy atom. The Hall–Kier alpha value is -4.54. The predicted octanol–water partition coefficient (Wildman–Crippen LogP) is 6.35. The molecule has 0 bridgehead atoms. The van der Waals surface area contributed by atoms with Crippen molar-refractivity contribution in [2.45, 2.75) is 45.2 Å². The molecule has 0 amide bonds. The first kappa shape index (κ1) is 27.0. The van der Waals surface area contributed by atoms with Gasteiger partial charge in [-0.1, -0.05) is 6.42 Å². The Balaban J connectivity index is 1.13. The van der Waals surface area contributed by atoms with E-state index < -0.39 is 0 Å². The normalized spacial score (nSPS) is 16.4. The summed E-state index contributed by atoms with van der Waals surface area (Å²) in [5, 5.41) is 8.46.